The van der Waals surface area contributed by atoms with Gasteiger partial charge in [-0.25, -0.2) is 9.55 Å². The second-order valence-electron chi connectivity index (χ2n) is 7.58. The molecule has 1 aromatic carbocycles. The highest BCUT2D eigenvalue weighted by molar-refractivity contribution is 6.08. The molecular weight excluding hydrogens is 356 g/mol. The number of aromatic nitrogens is 2. The Bertz CT molecular complexity index is 1510. The van der Waals surface area contributed by atoms with E-state index < -0.39 is 25.5 Å². The molecule has 5 rings (SSSR count). The number of benzene rings is 1. The standard InChI is InChI=1S/C26H29N2O/c1-4-18-11-15-23(28(3)16-18)24-17(2)10-12-20-21-13-14-22(19-8-6-5-7-9-19)27-26(21)29-25(20)24/h10-16,19H,4-9H2,1-3H3/q+1/i1D3,8D2,9D2,19D. The first-order valence-corrected chi connectivity index (χ1v) is 9.97. The van der Waals surface area contributed by atoms with Crippen molar-refractivity contribution in [1.82, 2.24) is 4.98 Å². The highest BCUT2D eigenvalue weighted by Gasteiger charge is 2.22. The molecule has 1 saturated carbocycles. The summed E-state index contributed by atoms with van der Waals surface area (Å²) in [6.07, 6.45) is -1.85. The van der Waals surface area contributed by atoms with Crippen molar-refractivity contribution < 1.29 is 20.0 Å². The lowest BCUT2D eigenvalue weighted by atomic mass is 9.86. The number of hydrogen-bond acceptors (Lipinski definition) is 2. The maximum Gasteiger partial charge on any atom is 0.227 e. The van der Waals surface area contributed by atoms with Gasteiger partial charge in [0.1, 0.15) is 7.05 Å². The maximum atomic E-state index is 9.00. The monoisotopic (exact) mass is 393 g/mol. The fourth-order valence-electron chi connectivity index (χ4n) is 4.06. The molecular formula is C26H29N2O+. The first-order valence-electron chi connectivity index (χ1n) is 14.0. The van der Waals surface area contributed by atoms with Crippen LogP contribution < -0.4 is 4.57 Å². The largest absolute Gasteiger partial charge is 0.437 e. The van der Waals surface area contributed by atoms with Crippen molar-refractivity contribution in [3.05, 3.63) is 59.4 Å². The van der Waals surface area contributed by atoms with Crippen molar-refractivity contribution in [2.75, 3.05) is 0 Å². The van der Waals surface area contributed by atoms with Gasteiger partial charge in [0.05, 0.1) is 5.56 Å². The van der Waals surface area contributed by atoms with Crippen LogP contribution in [0.1, 0.15) is 72.5 Å². The summed E-state index contributed by atoms with van der Waals surface area (Å²) in [4.78, 5) is 4.54. The third kappa shape index (κ3) is 3.13. The van der Waals surface area contributed by atoms with Gasteiger partial charge in [0.15, 0.2) is 11.8 Å². The summed E-state index contributed by atoms with van der Waals surface area (Å²) in [5.41, 5.74) is 4.12. The smallest absolute Gasteiger partial charge is 0.227 e. The van der Waals surface area contributed by atoms with E-state index in [9.17, 15) is 0 Å². The first-order chi connectivity index (χ1) is 17.1. The van der Waals surface area contributed by atoms with Crippen LogP contribution in [0.5, 0.6) is 0 Å². The molecule has 148 valence electrons. The molecule has 3 heteroatoms. The Labute approximate surface area is 183 Å². The van der Waals surface area contributed by atoms with E-state index in [1.165, 1.54) is 0 Å². The zero-order valence-corrected chi connectivity index (χ0v) is 16.7. The molecule has 0 N–H and O–H groups in total. The van der Waals surface area contributed by atoms with Crippen LogP contribution in [-0.2, 0) is 13.5 Å². The first kappa shape index (κ1) is 11.5. The molecule has 4 aromatic rings. The van der Waals surface area contributed by atoms with Crippen LogP contribution in [0.3, 0.4) is 0 Å². The molecule has 0 spiro atoms. The topological polar surface area (TPSA) is 29.9 Å². The molecule has 3 heterocycles. The molecule has 0 unspecified atom stereocenters. The van der Waals surface area contributed by atoms with Gasteiger partial charge >= 0.3 is 0 Å². The highest BCUT2D eigenvalue weighted by atomic mass is 16.3. The molecule has 0 radical (unpaired) electrons. The van der Waals surface area contributed by atoms with E-state index in [2.05, 4.69) is 4.98 Å². The summed E-state index contributed by atoms with van der Waals surface area (Å²) >= 11 is 0. The Kier molecular flexibility index (Phi) is 2.89. The molecule has 1 aliphatic rings. The van der Waals surface area contributed by atoms with Crippen molar-refractivity contribution in [2.24, 2.45) is 7.05 Å². The molecule has 0 atom stereocenters. The Balaban J connectivity index is 1.68. The minimum Gasteiger partial charge on any atom is -0.437 e. The van der Waals surface area contributed by atoms with Crippen molar-refractivity contribution in [3.63, 3.8) is 0 Å². The van der Waals surface area contributed by atoms with Crippen molar-refractivity contribution in [2.45, 2.75) is 58.1 Å². The van der Waals surface area contributed by atoms with Gasteiger partial charge in [0, 0.05) is 45.0 Å². The number of aryl methyl sites for hydroxylation is 3. The van der Waals surface area contributed by atoms with Crippen LogP contribution in [0.4, 0.5) is 0 Å². The van der Waals surface area contributed by atoms with Crippen LogP contribution in [0.2, 0.25) is 0 Å². The zero-order chi connectivity index (χ0) is 27.0. The van der Waals surface area contributed by atoms with E-state index in [0.29, 0.717) is 23.0 Å². The van der Waals surface area contributed by atoms with Gasteiger partial charge in [0.25, 0.3) is 0 Å². The molecule has 1 aliphatic carbocycles. The number of hydrogen-bond donors (Lipinski definition) is 0. The number of nitrogens with zero attached hydrogens (tertiary/aromatic N) is 2. The molecule has 1 fully saturated rings. The van der Waals surface area contributed by atoms with Crippen LogP contribution in [0, 0.1) is 6.92 Å². The SMILES string of the molecule is [2H]C([2H])([2H])Cc1ccc(-c2c(C)ccc3c2oc2nc(C4([2H])C([2H])([2H])CCCC4([2H])[2H])ccc23)[n+](C)c1. The fourth-order valence-corrected chi connectivity index (χ4v) is 4.06. The van der Waals surface area contributed by atoms with Crippen LogP contribution in [0.15, 0.2) is 47.0 Å². The quantitative estimate of drug-likeness (QED) is 0.377. The zero-order valence-electron chi connectivity index (χ0n) is 24.7. The van der Waals surface area contributed by atoms with Gasteiger partial charge in [-0.05, 0) is 49.9 Å². The summed E-state index contributed by atoms with van der Waals surface area (Å²) in [7, 11) is 1.85. The molecule has 0 aliphatic heterocycles. The summed E-state index contributed by atoms with van der Waals surface area (Å²) in [6.45, 7) is -0.105. The molecule has 3 aromatic heterocycles. The van der Waals surface area contributed by atoms with Gasteiger partial charge in [-0.15, -0.1) is 0 Å². The number of furan rings is 1. The second kappa shape index (κ2) is 7.29. The predicted molar refractivity (Wildman–Crippen MR) is 118 cm³/mol. The minimum atomic E-state index is -2.17. The summed E-state index contributed by atoms with van der Waals surface area (Å²) in [5.74, 6) is -2.17. The Hall–Kier alpha value is -2.68. The van der Waals surface area contributed by atoms with Crippen LogP contribution in [-0.4, -0.2) is 4.98 Å². The summed E-state index contributed by atoms with van der Waals surface area (Å²) in [5, 5.41) is 1.50. The van der Waals surface area contributed by atoms with Crippen molar-refractivity contribution >= 4 is 22.1 Å². The van der Waals surface area contributed by atoms with E-state index in [-0.39, 0.29) is 30.7 Å². The van der Waals surface area contributed by atoms with E-state index in [0.717, 1.165) is 22.2 Å². The van der Waals surface area contributed by atoms with Crippen LogP contribution in [0.25, 0.3) is 33.3 Å². The third-order valence-corrected chi connectivity index (χ3v) is 5.58. The minimum absolute atomic E-state index is 0.0200. The fraction of sp³-hybridized carbons (Fsp3) is 0.385. The molecule has 0 saturated heterocycles. The Morgan fingerprint density at radius 1 is 1.14 bits per heavy atom. The average Bonchev–Trinajstić information content (AvgIpc) is 3.14. The normalized spacial score (nSPS) is 24.5. The molecule has 0 bridgehead atoms. The van der Waals surface area contributed by atoms with E-state index in [1.54, 1.807) is 24.4 Å². The van der Waals surface area contributed by atoms with E-state index >= 15 is 0 Å². The molecule has 3 nitrogen and oxygen atoms in total. The third-order valence-electron chi connectivity index (χ3n) is 5.58. The summed E-state index contributed by atoms with van der Waals surface area (Å²) < 4.78 is 73.8. The average molecular weight is 394 g/mol. The lowest BCUT2D eigenvalue weighted by Gasteiger charge is -2.20. The number of pyridine rings is 2. The summed E-state index contributed by atoms with van der Waals surface area (Å²) in [6, 6.07) is 10.9. The Morgan fingerprint density at radius 3 is 2.76 bits per heavy atom. The van der Waals surface area contributed by atoms with Gasteiger partial charge in [0.2, 0.25) is 11.4 Å². The van der Waals surface area contributed by atoms with E-state index in [4.69, 9.17) is 15.4 Å². The van der Waals surface area contributed by atoms with Gasteiger partial charge in [-0.1, -0.05) is 38.2 Å². The number of rotatable bonds is 3. The van der Waals surface area contributed by atoms with Crippen molar-refractivity contribution in [3.8, 4) is 11.3 Å². The van der Waals surface area contributed by atoms with E-state index in [1.807, 2.05) is 36.7 Å². The predicted octanol–water partition coefficient (Wildman–Crippen LogP) is 6.39. The van der Waals surface area contributed by atoms with Crippen molar-refractivity contribution in [1.29, 1.82) is 0 Å². The number of fused-ring (bicyclic) bond motifs is 3. The molecule has 0 amide bonds. The van der Waals surface area contributed by atoms with Gasteiger partial charge in [-0.2, -0.15) is 0 Å². The Morgan fingerprint density at radius 2 is 1.97 bits per heavy atom. The highest BCUT2D eigenvalue weighted by Crippen LogP contribution is 2.38. The lowest BCUT2D eigenvalue weighted by Crippen LogP contribution is -2.31. The lowest BCUT2D eigenvalue weighted by molar-refractivity contribution is -0.660. The van der Waals surface area contributed by atoms with Gasteiger partial charge < -0.3 is 4.42 Å². The van der Waals surface area contributed by atoms with Crippen LogP contribution >= 0.6 is 0 Å². The molecule has 29 heavy (non-hydrogen) atoms. The van der Waals surface area contributed by atoms with Gasteiger partial charge in [-0.3, -0.25) is 0 Å². The second-order valence-corrected chi connectivity index (χ2v) is 7.58. The maximum absolute atomic E-state index is 9.00.